The maximum absolute atomic E-state index is 13.1. The summed E-state index contributed by atoms with van der Waals surface area (Å²) in [6.07, 6.45) is 3.86. The Kier molecular flexibility index (Phi) is 7.82. The summed E-state index contributed by atoms with van der Waals surface area (Å²) in [4.78, 5) is 28.1. The number of ether oxygens (including phenoxy) is 1. The molecular weight excluding hydrogens is 406 g/mol. The SMILES string of the molecule is C[C@@H](CNC(=O)c1[nH]c2ccccc2c1C1CCCC1)C(O)CCNC(=O)OC(C)(C)C. The van der Waals surface area contributed by atoms with E-state index in [0.29, 0.717) is 31.1 Å². The number of carbonyl (C=O) groups excluding carboxylic acids is 2. The number of amides is 2. The number of aromatic amines is 1. The molecule has 7 nitrogen and oxygen atoms in total. The zero-order valence-electron chi connectivity index (χ0n) is 19.7. The number of hydrogen-bond donors (Lipinski definition) is 4. The number of hydrogen-bond acceptors (Lipinski definition) is 4. The largest absolute Gasteiger partial charge is 0.444 e. The van der Waals surface area contributed by atoms with Crippen LogP contribution in [-0.2, 0) is 4.74 Å². The molecule has 2 atom stereocenters. The fourth-order valence-electron chi connectivity index (χ4n) is 4.38. The molecule has 0 radical (unpaired) electrons. The number of fused-ring (bicyclic) bond motifs is 1. The van der Waals surface area contributed by atoms with Gasteiger partial charge in [0.05, 0.1) is 6.10 Å². The van der Waals surface area contributed by atoms with Crippen LogP contribution in [0.25, 0.3) is 10.9 Å². The van der Waals surface area contributed by atoms with Crippen molar-refractivity contribution in [3.05, 3.63) is 35.5 Å². The van der Waals surface area contributed by atoms with Gasteiger partial charge in [-0.2, -0.15) is 0 Å². The number of H-pyrrole nitrogens is 1. The van der Waals surface area contributed by atoms with Crippen molar-refractivity contribution in [3.63, 3.8) is 0 Å². The van der Waals surface area contributed by atoms with Crippen molar-refractivity contribution in [2.24, 2.45) is 5.92 Å². The zero-order valence-corrected chi connectivity index (χ0v) is 19.7. The van der Waals surface area contributed by atoms with E-state index in [0.717, 1.165) is 29.3 Å². The van der Waals surface area contributed by atoms with Crippen molar-refractivity contribution in [1.29, 1.82) is 0 Å². The Hall–Kier alpha value is -2.54. The summed E-state index contributed by atoms with van der Waals surface area (Å²) in [5, 5.41) is 17.2. The number of aromatic nitrogens is 1. The number of carbonyl (C=O) groups is 2. The molecule has 1 aromatic carbocycles. The van der Waals surface area contributed by atoms with Crippen LogP contribution in [0.5, 0.6) is 0 Å². The third-order valence-corrected chi connectivity index (χ3v) is 6.09. The van der Waals surface area contributed by atoms with Gasteiger partial charge in [-0.1, -0.05) is 38.0 Å². The minimum atomic E-state index is -0.651. The second kappa shape index (κ2) is 10.4. The first kappa shape index (κ1) is 24.1. The van der Waals surface area contributed by atoms with Crippen LogP contribution in [0.1, 0.15) is 81.8 Å². The highest BCUT2D eigenvalue weighted by Crippen LogP contribution is 2.39. The molecule has 0 aliphatic heterocycles. The highest BCUT2D eigenvalue weighted by molar-refractivity contribution is 6.01. The van der Waals surface area contributed by atoms with Gasteiger partial charge in [-0.05, 0) is 63.5 Å². The van der Waals surface area contributed by atoms with Crippen molar-refractivity contribution in [2.75, 3.05) is 13.1 Å². The van der Waals surface area contributed by atoms with Gasteiger partial charge in [0.2, 0.25) is 0 Å². The first-order valence-corrected chi connectivity index (χ1v) is 11.7. The van der Waals surface area contributed by atoms with E-state index in [1.54, 1.807) is 20.8 Å². The van der Waals surface area contributed by atoms with Crippen LogP contribution < -0.4 is 10.6 Å². The summed E-state index contributed by atoms with van der Waals surface area (Å²) in [6.45, 7) is 7.96. The second-order valence-corrected chi connectivity index (χ2v) is 9.91. The van der Waals surface area contributed by atoms with E-state index in [2.05, 4.69) is 21.7 Å². The third-order valence-electron chi connectivity index (χ3n) is 6.09. The van der Waals surface area contributed by atoms with E-state index in [1.807, 2.05) is 25.1 Å². The molecule has 1 aromatic heterocycles. The number of benzene rings is 1. The van der Waals surface area contributed by atoms with Gasteiger partial charge in [0, 0.05) is 24.0 Å². The number of aliphatic hydroxyl groups is 1. The van der Waals surface area contributed by atoms with Crippen molar-refractivity contribution in [3.8, 4) is 0 Å². The molecule has 0 bridgehead atoms. The number of para-hydroxylation sites is 1. The molecule has 1 heterocycles. The maximum atomic E-state index is 13.1. The lowest BCUT2D eigenvalue weighted by Crippen LogP contribution is -2.37. The Bertz CT molecular complexity index is 925. The molecule has 1 aliphatic rings. The van der Waals surface area contributed by atoms with Crippen LogP contribution >= 0.6 is 0 Å². The van der Waals surface area contributed by atoms with Gasteiger partial charge in [-0.15, -0.1) is 0 Å². The molecule has 4 N–H and O–H groups in total. The van der Waals surface area contributed by atoms with Gasteiger partial charge >= 0.3 is 6.09 Å². The smallest absolute Gasteiger partial charge is 0.407 e. The maximum Gasteiger partial charge on any atom is 0.407 e. The summed E-state index contributed by atoms with van der Waals surface area (Å²) in [5.74, 6) is 0.126. The summed E-state index contributed by atoms with van der Waals surface area (Å²) in [7, 11) is 0. The summed E-state index contributed by atoms with van der Waals surface area (Å²) < 4.78 is 5.19. The molecule has 7 heteroatoms. The lowest BCUT2D eigenvalue weighted by Gasteiger charge is -2.22. The third kappa shape index (κ3) is 6.25. The summed E-state index contributed by atoms with van der Waals surface area (Å²) in [6, 6.07) is 8.08. The zero-order chi connectivity index (χ0) is 23.3. The molecule has 2 amide bonds. The Balaban J connectivity index is 1.54. The van der Waals surface area contributed by atoms with Crippen molar-refractivity contribution < 1.29 is 19.4 Å². The Labute approximate surface area is 190 Å². The predicted molar refractivity (Wildman–Crippen MR) is 126 cm³/mol. The normalized spacial score (nSPS) is 16.7. The highest BCUT2D eigenvalue weighted by Gasteiger charge is 2.27. The summed E-state index contributed by atoms with van der Waals surface area (Å²) >= 11 is 0. The molecule has 176 valence electrons. The molecule has 1 saturated carbocycles. The van der Waals surface area contributed by atoms with Gasteiger partial charge < -0.3 is 25.5 Å². The first-order valence-electron chi connectivity index (χ1n) is 11.7. The Morgan fingerprint density at radius 2 is 1.88 bits per heavy atom. The van der Waals surface area contributed by atoms with Crippen molar-refractivity contribution >= 4 is 22.9 Å². The average molecular weight is 444 g/mol. The average Bonchev–Trinajstić information content (AvgIpc) is 3.37. The number of alkyl carbamates (subject to hydrolysis) is 1. The van der Waals surface area contributed by atoms with E-state index in [1.165, 1.54) is 12.8 Å². The Morgan fingerprint density at radius 1 is 1.19 bits per heavy atom. The molecule has 3 rings (SSSR count). The molecule has 1 aliphatic carbocycles. The number of aliphatic hydroxyl groups excluding tert-OH is 1. The lowest BCUT2D eigenvalue weighted by molar-refractivity contribution is 0.0508. The first-order chi connectivity index (χ1) is 15.2. The van der Waals surface area contributed by atoms with Crippen LogP contribution in [0, 0.1) is 5.92 Å². The molecule has 0 saturated heterocycles. The predicted octanol–water partition coefficient (Wildman–Crippen LogP) is 4.47. The van der Waals surface area contributed by atoms with Crippen LogP contribution in [0.15, 0.2) is 24.3 Å². The van der Waals surface area contributed by atoms with Gasteiger partial charge in [0.15, 0.2) is 0 Å². The van der Waals surface area contributed by atoms with E-state index >= 15 is 0 Å². The standard InChI is InChI=1S/C25H37N3O4/c1-16(20(29)13-14-26-24(31)32-25(2,3)4)15-27-23(30)22-21(17-9-5-6-10-17)18-11-7-8-12-19(18)28-22/h7-8,11-12,16-17,20,28-29H,5-6,9-10,13-15H2,1-4H3,(H,26,31)(H,27,30)/t16-,20?/m0/s1. The van der Waals surface area contributed by atoms with E-state index in [4.69, 9.17) is 4.74 Å². The van der Waals surface area contributed by atoms with Gasteiger partial charge in [-0.25, -0.2) is 4.79 Å². The topological polar surface area (TPSA) is 103 Å². The molecular formula is C25H37N3O4. The van der Waals surface area contributed by atoms with Crippen LogP contribution in [0.3, 0.4) is 0 Å². The monoisotopic (exact) mass is 443 g/mol. The highest BCUT2D eigenvalue weighted by atomic mass is 16.6. The minimum absolute atomic E-state index is 0.131. The molecule has 1 unspecified atom stereocenters. The van der Waals surface area contributed by atoms with Crippen molar-refractivity contribution in [1.82, 2.24) is 15.6 Å². The van der Waals surface area contributed by atoms with Crippen LogP contribution in [0.2, 0.25) is 0 Å². The van der Waals surface area contributed by atoms with E-state index in [9.17, 15) is 14.7 Å². The van der Waals surface area contributed by atoms with Gasteiger partial charge in [0.1, 0.15) is 11.3 Å². The minimum Gasteiger partial charge on any atom is -0.444 e. The number of nitrogens with one attached hydrogen (secondary N) is 3. The molecule has 32 heavy (non-hydrogen) atoms. The van der Waals surface area contributed by atoms with Crippen LogP contribution in [0.4, 0.5) is 4.79 Å². The van der Waals surface area contributed by atoms with E-state index < -0.39 is 17.8 Å². The lowest BCUT2D eigenvalue weighted by atomic mass is 9.94. The molecule has 2 aromatic rings. The quantitative estimate of drug-likeness (QED) is 0.483. The summed E-state index contributed by atoms with van der Waals surface area (Å²) in [5.41, 5.74) is 2.21. The molecule has 1 fully saturated rings. The van der Waals surface area contributed by atoms with E-state index in [-0.39, 0.29) is 11.8 Å². The second-order valence-electron chi connectivity index (χ2n) is 9.91. The number of rotatable bonds is 8. The van der Waals surface area contributed by atoms with Crippen LogP contribution in [-0.4, -0.2) is 46.9 Å². The van der Waals surface area contributed by atoms with Crippen molar-refractivity contribution in [2.45, 2.75) is 77.4 Å². The van der Waals surface area contributed by atoms with Gasteiger partial charge in [0.25, 0.3) is 5.91 Å². The van der Waals surface area contributed by atoms with Gasteiger partial charge in [-0.3, -0.25) is 4.79 Å². The fraction of sp³-hybridized carbons (Fsp3) is 0.600. The Morgan fingerprint density at radius 3 is 2.56 bits per heavy atom. The molecule has 0 spiro atoms. The fourth-order valence-corrected chi connectivity index (χ4v) is 4.38.